The first-order valence-corrected chi connectivity index (χ1v) is 13.4. The van der Waals surface area contributed by atoms with Crippen molar-refractivity contribution in [3.8, 4) is 0 Å². The number of carbonyl (C=O) groups is 3. The molecule has 0 radical (unpaired) electrons. The van der Waals surface area contributed by atoms with Gasteiger partial charge in [0.1, 0.15) is 6.61 Å². The molecule has 8 atom stereocenters. The maximum Gasteiger partial charge on any atom is 0.278 e. The number of rotatable bonds is 3. The lowest BCUT2D eigenvalue weighted by molar-refractivity contribution is -0.235. The van der Waals surface area contributed by atoms with E-state index in [-0.39, 0.29) is 41.9 Å². The molecule has 4 fully saturated rings. The van der Waals surface area contributed by atoms with Gasteiger partial charge in [-0.05, 0) is 61.1 Å². The molecule has 1 saturated heterocycles. The summed E-state index contributed by atoms with van der Waals surface area (Å²) in [5, 5.41) is 26.6. The summed E-state index contributed by atoms with van der Waals surface area (Å²) in [6, 6.07) is 1.74. The highest BCUT2D eigenvalue weighted by molar-refractivity contribution is 7.08. The molecule has 7 nitrogen and oxygen atoms in total. The summed E-state index contributed by atoms with van der Waals surface area (Å²) in [6.07, 6.45) is 7.25. The Kier molecular flexibility index (Phi) is 5.11. The summed E-state index contributed by atoms with van der Waals surface area (Å²) in [7, 11) is 0. The molecule has 6 rings (SSSR count). The van der Waals surface area contributed by atoms with Crippen molar-refractivity contribution >= 4 is 28.8 Å². The number of hydrogen-bond acceptors (Lipinski definition) is 7. The van der Waals surface area contributed by atoms with Crippen molar-refractivity contribution in [2.75, 3.05) is 13.2 Å². The van der Waals surface area contributed by atoms with E-state index < -0.39 is 34.9 Å². The van der Waals surface area contributed by atoms with E-state index in [4.69, 9.17) is 4.84 Å². The number of hydrogen-bond donors (Lipinski definition) is 2. The molecule has 1 aromatic rings. The number of fused-ring (bicyclic) bond motifs is 7. The molecule has 2 heterocycles. The van der Waals surface area contributed by atoms with Crippen LogP contribution in [0.4, 0.5) is 0 Å². The molecule has 0 unspecified atom stereocenters. The minimum Gasteiger partial charge on any atom is -0.393 e. The van der Waals surface area contributed by atoms with E-state index in [1.54, 1.807) is 23.6 Å². The van der Waals surface area contributed by atoms with Gasteiger partial charge in [-0.3, -0.25) is 19.2 Å². The Morgan fingerprint density at radius 2 is 2.11 bits per heavy atom. The summed E-state index contributed by atoms with van der Waals surface area (Å²) >= 11 is 1.42. The molecule has 4 aliphatic carbocycles. The van der Waals surface area contributed by atoms with Gasteiger partial charge < -0.3 is 10.2 Å². The normalized spacial score (nSPS) is 43.8. The van der Waals surface area contributed by atoms with Crippen molar-refractivity contribution < 1.29 is 29.4 Å². The van der Waals surface area contributed by atoms with Crippen LogP contribution in [0.2, 0.25) is 0 Å². The van der Waals surface area contributed by atoms with Crippen LogP contribution >= 0.6 is 11.3 Å². The van der Waals surface area contributed by atoms with Gasteiger partial charge in [0.15, 0.2) is 17.2 Å². The third-order valence-electron chi connectivity index (χ3n) is 10.0. The summed E-state index contributed by atoms with van der Waals surface area (Å²) in [5.41, 5.74) is -0.875. The Balaban J connectivity index is 1.39. The van der Waals surface area contributed by atoms with Crippen molar-refractivity contribution in [1.29, 1.82) is 0 Å². The van der Waals surface area contributed by atoms with Gasteiger partial charge in [-0.15, -0.1) is 0 Å². The predicted molar refractivity (Wildman–Crippen MR) is 128 cm³/mol. The standard InChI is InChI=1S/C27H31NO6S/c1-25-7-5-18(30)9-16(25)3-4-19-20-10-17-12-28(24(33)15-6-8-35-14-15)34-27(17,22(32)13-29)26(20,2)11-21(31)23(19)25/h5-9,14,17,19-21,23,29,31H,3-4,10-13H2,1-2H3/t17-,19-,20-,21-,23+,25-,26-,27-/m0/s1. The molecule has 8 heteroatoms. The SMILES string of the molecule is C[C@]12C=CC(=O)C=C1CC[C@@H]1[C@@H]2[C@@H](O)C[C@@]2(C)[C@H]1C[C@H]1CN(C(=O)c3ccsc3)O[C@]12C(=O)CO. The lowest BCUT2D eigenvalue weighted by Crippen LogP contribution is -2.63. The van der Waals surface area contributed by atoms with Crippen LogP contribution in [0.25, 0.3) is 0 Å². The van der Waals surface area contributed by atoms with Gasteiger partial charge in [0.2, 0.25) is 0 Å². The number of ketones is 2. The van der Waals surface area contributed by atoms with Crippen LogP contribution < -0.4 is 0 Å². The minimum atomic E-state index is -1.35. The van der Waals surface area contributed by atoms with Crippen LogP contribution in [0.1, 0.15) is 49.9 Å². The zero-order chi connectivity index (χ0) is 24.8. The monoisotopic (exact) mass is 497 g/mol. The second-order valence-electron chi connectivity index (χ2n) is 11.4. The molecule has 1 aliphatic heterocycles. The van der Waals surface area contributed by atoms with Crippen LogP contribution in [0.5, 0.6) is 0 Å². The average Bonchev–Trinajstić information content (AvgIpc) is 3.54. The van der Waals surface area contributed by atoms with E-state index in [1.807, 2.05) is 18.4 Å². The number of carbonyl (C=O) groups excluding carboxylic acids is 3. The second-order valence-corrected chi connectivity index (χ2v) is 12.2. The molecule has 0 aromatic carbocycles. The van der Waals surface area contributed by atoms with Crippen LogP contribution in [0, 0.1) is 34.5 Å². The van der Waals surface area contributed by atoms with Crippen molar-refractivity contribution in [3.63, 3.8) is 0 Å². The second kappa shape index (κ2) is 7.68. The lowest BCUT2D eigenvalue weighted by atomic mass is 9.46. The Bertz CT molecular complexity index is 1160. The van der Waals surface area contributed by atoms with Crippen molar-refractivity contribution in [2.24, 2.45) is 34.5 Å². The van der Waals surface area contributed by atoms with E-state index in [1.165, 1.54) is 16.4 Å². The minimum absolute atomic E-state index is 0.00210. The predicted octanol–water partition coefficient (Wildman–Crippen LogP) is 2.94. The number of nitrogens with zero attached hydrogens (tertiary/aromatic N) is 1. The number of Topliss-reactive ketones (excluding diaryl/α,β-unsaturated/α-hetero) is 1. The largest absolute Gasteiger partial charge is 0.393 e. The van der Waals surface area contributed by atoms with Crippen LogP contribution in [0.15, 0.2) is 40.6 Å². The van der Waals surface area contributed by atoms with Gasteiger partial charge in [0.05, 0.1) is 18.2 Å². The molecular weight excluding hydrogens is 466 g/mol. The highest BCUT2D eigenvalue weighted by atomic mass is 32.1. The van der Waals surface area contributed by atoms with Gasteiger partial charge in [-0.2, -0.15) is 11.3 Å². The first-order valence-electron chi connectivity index (χ1n) is 12.5. The molecule has 0 spiro atoms. The Hall–Kier alpha value is -2.13. The van der Waals surface area contributed by atoms with E-state index in [0.717, 1.165) is 18.4 Å². The zero-order valence-corrected chi connectivity index (χ0v) is 20.8. The number of thiophene rings is 1. The summed E-state index contributed by atoms with van der Waals surface area (Å²) in [5.74, 6) is -0.770. The number of aliphatic hydroxyl groups is 2. The fourth-order valence-electron chi connectivity index (χ4n) is 8.64. The van der Waals surface area contributed by atoms with Gasteiger partial charge in [-0.1, -0.05) is 25.5 Å². The van der Waals surface area contributed by atoms with Crippen molar-refractivity contribution in [3.05, 3.63) is 46.2 Å². The quantitative estimate of drug-likeness (QED) is 0.666. The van der Waals surface area contributed by atoms with Gasteiger partial charge in [-0.25, -0.2) is 5.06 Å². The van der Waals surface area contributed by atoms with Crippen molar-refractivity contribution in [2.45, 2.75) is 51.2 Å². The van der Waals surface area contributed by atoms with Crippen LogP contribution in [0.3, 0.4) is 0 Å². The van der Waals surface area contributed by atoms with Gasteiger partial charge >= 0.3 is 0 Å². The number of hydroxylamine groups is 2. The third-order valence-corrected chi connectivity index (χ3v) is 10.7. The van der Waals surface area contributed by atoms with Gasteiger partial charge in [0.25, 0.3) is 5.91 Å². The number of amides is 1. The maximum absolute atomic E-state index is 13.5. The first kappa shape index (κ1) is 23.3. The molecule has 35 heavy (non-hydrogen) atoms. The van der Waals surface area contributed by atoms with E-state index >= 15 is 0 Å². The maximum atomic E-state index is 13.5. The molecule has 1 amide bonds. The van der Waals surface area contributed by atoms with Gasteiger partial charge in [0, 0.05) is 28.0 Å². The summed E-state index contributed by atoms with van der Waals surface area (Å²) < 4.78 is 0. The van der Waals surface area contributed by atoms with Crippen molar-refractivity contribution in [1.82, 2.24) is 5.06 Å². The van der Waals surface area contributed by atoms with Crippen LogP contribution in [-0.2, 0) is 14.4 Å². The fraction of sp³-hybridized carbons (Fsp3) is 0.593. The average molecular weight is 498 g/mol. The highest BCUT2D eigenvalue weighted by Crippen LogP contribution is 2.70. The molecule has 186 valence electrons. The van der Waals surface area contributed by atoms with E-state index in [2.05, 4.69) is 6.92 Å². The Morgan fingerprint density at radius 1 is 1.31 bits per heavy atom. The highest BCUT2D eigenvalue weighted by Gasteiger charge is 2.75. The van der Waals surface area contributed by atoms with E-state index in [9.17, 15) is 24.6 Å². The smallest absolute Gasteiger partial charge is 0.278 e. The summed E-state index contributed by atoms with van der Waals surface area (Å²) in [6.45, 7) is 3.75. The third kappa shape index (κ3) is 2.91. The summed E-state index contributed by atoms with van der Waals surface area (Å²) in [4.78, 5) is 45.0. The molecular formula is C27H31NO6S. The number of aliphatic hydroxyl groups excluding tert-OH is 2. The Labute approximate surface area is 208 Å². The molecule has 0 bridgehead atoms. The lowest BCUT2D eigenvalue weighted by Gasteiger charge is -2.59. The molecule has 1 aromatic heterocycles. The van der Waals surface area contributed by atoms with E-state index in [0.29, 0.717) is 18.4 Å². The zero-order valence-electron chi connectivity index (χ0n) is 20.0. The number of allylic oxidation sites excluding steroid dienone is 4. The first-order chi connectivity index (χ1) is 16.7. The fourth-order valence-corrected chi connectivity index (χ4v) is 9.27. The molecule has 5 aliphatic rings. The van der Waals surface area contributed by atoms with Crippen LogP contribution in [-0.4, -0.2) is 57.6 Å². The topological polar surface area (TPSA) is 104 Å². The molecule has 3 saturated carbocycles. The molecule has 2 N–H and O–H groups in total. The Morgan fingerprint density at radius 3 is 2.83 bits per heavy atom.